The van der Waals surface area contributed by atoms with Crippen molar-refractivity contribution in [3.8, 4) is 0 Å². The third kappa shape index (κ3) is 3.88. The predicted octanol–water partition coefficient (Wildman–Crippen LogP) is -0.352. The van der Waals surface area contributed by atoms with Gasteiger partial charge >= 0.3 is 0 Å². The molecular formula is C8H14N4O2S. The van der Waals surface area contributed by atoms with Crippen molar-refractivity contribution in [2.45, 2.75) is 12.5 Å². The fourth-order valence-corrected chi connectivity index (χ4v) is 1.76. The van der Waals surface area contributed by atoms with Gasteiger partial charge in [-0.15, -0.1) is 0 Å². The van der Waals surface area contributed by atoms with Gasteiger partial charge in [-0.05, 0) is 13.2 Å². The second kappa shape index (κ2) is 5.13. The molecule has 0 fully saturated rings. The van der Waals surface area contributed by atoms with Gasteiger partial charge in [0.25, 0.3) is 5.91 Å². The Morgan fingerprint density at radius 3 is 3.07 bits per heavy atom. The molecule has 0 saturated heterocycles. The van der Waals surface area contributed by atoms with Crippen LogP contribution in [0.5, 0.6) is 0 Å². The summed E-state index contributed by atoms with van der Waals surface area (Å²) in [4.78, 5) is 15.1. The minimum Gasteiger partial charge on any atom is -0.387 e. The molecule has 1 aromatic heterocycles. The number of hydrogen-bond acceptors (Lipinski definition) is 5. The maximum absolute atomic E-state index is 11.4. The molecular weight excluding hydrogens is 216 g/mol. The Labute approximate surface area is 91.9 Å². The van der Waals surface area contributed by atoms with E-state index in [1.165, 1.54) is 18.1 Å². The Hall–Kier alpha value is -1.08. The maximum atomic E-state index is 11.4. The van der Waals surface area contributed by atoms with Crippen LogP contribution in [0.15, 0.2) is 6.33 Å². The standard InChI is InChI=1S/C8H14N4O2S/c1-8(14,4-15-2)3-9-7(13)6-10-5-11-12-6/h5,14H,3-4H2,1-2H3,(H,9,13)(H,10,11,12). The summed E-state index contributed by atoms with van der Waals surface area (Å²) < 4.78 is 0. The zero-order chi connectivity index (χ0) is 11.3. The lowest BCUT2D eigenvalue weighted by atomic mass is 10.1. The van der Waals surface area contributed by atoms with Gasteiger partial charge in [0.1, 0.15) is 6.33 Å². The van der Waals surface area contributed by atoms with Gasteiger partial charge < -0.3 is 10.4 Å². The topological polar surface area (TPSA) is 90.9 Å². The fourth-order valence-electron chi connectivity index (χ4n) is 1.03. The predicted molar refractivity (Wildman–Crippen MR) is 57.7 cm³/mol. The van der Waals surface area contributed by atoms with Crippen molar-refractivity contribution < 1.29 is 9.90 Å². The van der Waals surface area contributed by atoms with Gasteiger partial charge in [-0.1, -0.05) is 0 Å². The van der Waals surface area contributed by atoms with Crippen LogP contribution in [0.2, 0.25) is 0 Å². The van der Waals surface area contributed by atoms with Crippen LogP contribution in [0.25, 0.3) is 0 Å². The van der Waals surface area contributed by atoms with Gasteiger partial charge in [0, 0.05) is 12.3 Å². The molecule has 6 nitrogen and oxygen atoms in total. The fraction of sp³-hybridized carbons (Fsp3) is 0.625. The largest absolute Gasteiger partial charge is 0.387 e. The minimum absolute atomic E-state index is 0.148. The first-order valence-corrected chi connectivity index (χ1v) is 5.79. The van der Waals surface area contributed by atoms with Gasteiger partial charge in [0.15, 0.2) is 0 Å². The van der Waals surface area contributed by atoms with Gasteiger partial charge in [-0.25, -0.2) is 4.98 Å². The average molecular weight is 230 g/mol. The Bertz CT molecular complexity index is 312. The number of rotatable bonds is 5. The lowest BCUT2D eigenvalue weighted by Gasteiger charge is -2.21. The first kappa shape index (κ1) is 12.0. The molecule has 15 heavy (non-hydrogen) atoms. The summed E-state index contributed by atoms with van der Waals surface area (Å²) in [7, 11) is 0. The molecule has 1 atom stereocenters. The molecule has 84 valence electrons. The van der Waals surface area contributed by atoms with Crippen LogP contribution in [0.3, 0.4) is 0 Å². The van der Waals surface area contributed by atoms with Gasteiger partial charge in [-0.3, -0.25) is 9.89 Å². The van der Waals surface area contributed by atoms with Crippen molar-refractivity contribution in [1.82, 2.24) is 20.5 Å². The average Bonchev–Trinajstić information content (AvgIpc) is 2.67. The highest BCUT2D eigenvalue weighted by Gasteiger charge is 2.21. The number of amides is 1. The third-order valence-electron chi connectivity index (χ3n) is 1.72. The van der Waals surface area contributed by atoms with Crippen LogP contribution in [-0.2, 0) is 0 Å². The zero-order valence-corrected chi connectivity index (χ0v) is 9.47. The van der Waals surface area contributed by atoms with Crippen LogP contribution in [0.4, 0.5) is 0 Å². The van der Waals surface area contributed by atoms with Crippen LogP contribution in [0, 0.1) is 0 Å². The van der Waals surface area contributed by atoms with Crippen LogP contribution in [-0.4, -0.2) is 50.3 Å². The Balaban J connectivity index is 2.40. The number of nitrogens with zero attached hydrogens (tertiary/aromatic N) is 2. The number of thioether (sulfide) groups is 1. The molecule has 1 heterocycles. The normalized spacial score (nSPS) is 14.6. The molecule has 3 N–H and O–H groups in total. The minimum atomic E-state index is -0.908. The summed E-state index contributed by atoms with van der Waals surface area (Å²) in [6.45, 7) is 1.86. The number of carbonyl (C=O) groups is 1. The second-order valence-electron chi connectivity index (χ2n) is 3.45. The molecule has 1 amide bonds. The van der Waals surface area contributed by atoms with Crippen molar-refractivity contribution >= 4 is 17.7 Å². The van der Waals surface area contributed by atoms with E-state index in [-0.39, 0.29) is 18.3 Å². The van der Waals surface area contributed by atoms with Crippen LogP contribution in [0.1, 0.15) is 17.5 Å². The summed E-state index contributed by atoms with van der Waals surface area (Å²) in [5.74, 6) is 0.341. The highest BCUT2D eigenvalue weighted by molar-refractivity contribution is 7.98. The van der Waals surface area contributed by atoms with Crippen molar-refractivity contribution in [3.05, 3.63) is 12.2 Å². The van der Waals surface area contributed by atoms with E-state index in [0.29, 0.717) is 5.75 Å². The third-order valence-corrected chi connectivity index (χ3v) is 2.63. The number of carbonyl (C=O) groups excluding carboxylic acids is 1. The molecule has 0 aliphatic carbocycles. The van der Waals surface area contributed by atoms with Gasteiger partial charge in [0.2, 0.25) is 5.82 Å². The summed E-state index contributed by atoms with van der Waals surface area (Å²) >= 11 is 1.52. The van der Waals surface area contributed by atoms with E-state index < -0.39 is 5.60 Å². The Kier molecular flexibility index (Phi) is 4.10. The van der Waals surface area contributed by atoms with E-state index in [2.05, 4.69) is 20.5 Å². The van der Waals surface area contributed by atoms with E-state index in [1.807, 2.05) is 6.26 Å². The van der Waals surface area contributed by atoms with E-state index in [0.717, 1.165) is 0 Å². The Morgan fingerprint density at radius 1 is 1.80 bits per heavy atom. The van der Waals surface area contributed by atoms with E-state index in [4.69, 9.17) is 0 Å². The second-order valence-corrected chi connectivity index (χ2v) is 4.31. The van der Waals surface area contributed by atoms with E-state index in [1.54, 1.807) is 6.92 Å². The monoisotopic (exact) mass is 230 g/mol. The van der Waals surface area contributed by atoms with Crippen molar-refractivity contribution in [1.29, 1.82) is 0 Å². The summed E-state index contributed by atoms with van der Waals surface area (Å²) in [5, 5.41) is 18.4. The SMILES string of the molecule is CSCC(C)(O)CNC(=O)c1ncn[nH]1. The lowest BCUT2D eigenvalue weighted by molar-refractivity contribution is 0.0719. The number of hydrogen-bond donors (Lipinski definition) is 3. The molecule has 0 spiro atoms. The first-order chi connectivity index (χ1) is 7.05. The summed E-state index contributed by atoms with van der Waals surface area (Å²) in [6, 6.07) is 0. The van der Waals surface area contributed by atoms with Crippen LogP contribution < -0.4 is 5.32 Å². The van der Waals surface area contributed by atoms with Crippen molar-refractivity contribution in [3.63, 3.8) is 0 Å². The number of aromatic nitrogens is 3. The smallest absolute Gasteiger partial charge is 0.288 e. The summed E-state index contributed by atoms with van der Waals surface area (Å²) in [5.41, 5.74) is -0.908. The number of H-pyrrole nitrogens is 1. The zero-order valence-electron chi connectivity index (χ0n) is 8.65. The van der Waals surface area contributed by atoms with Gasteiger partial charge in [-0.2, -0.15) is 16.9 Å². The van der Waals surface area contributed by atoms with Crippen LogP contribution >= 0.6 is 11.8 Å². The Morgan fingerprint density at radius 2 is 2.53 bits per heavy atom. The maximum Gasteiger partial charge on any atom is 0.288 e. The molecule has 0 saturated carbocycles. The van der Waals surface area contributed by atoms with Gasteiger partial charge in [0.05, 0.1) is 5.60 Å². The summed E-state index contributed by atoms with van der Waals surface area (Å²) in [6.07, 6.45) is 3.15. The quantitative estimate of drug-likeness (QED) is 0.643. The molecule has 1 unspecified atom stereocenters. The first-order valence-electron chi connectivity index (χ1n) is 4.40. The van der Waals surface area contributed by atoms with E-state index in [9.17, 15) is 9.90 Å². The molecule has 0 aromatic carbocycles. The number of nitrogens with one attached hydrogen (secondary N) is 2. The lowest BCUT2D eigenvalue weighted by Crippen LogP contribution is -2.42. The molecule has 0 aliphatic heterocycles. The molecule has 0 radical (unpaired) electrons. The molecule has 7 heteroatoms. The number of aliphatic hydroxyl groups is 1. The molecule has 0 bridgehead atoms. The molecule has 1 aromatic rings. The molecule has 0 aliphatic rings. The van der Waals surface area contributed by atoms with Crippen molar-refractivity contribution in [2.75, 3.05) is 18.6 Å². The molecule has 1 rings (SSSR count). The number of aromatic amines is 1. The highest BCUT2D eigenvalue weighted by Crippen LogP contribution is 2.08. The van der Waals surface area contributed by atoms with E-state index >= 15 is 0 Å². The highest BCUT2D eigenvalue weighted by atomic mass is 32.2. The van der Waals surface area contributed by atoms with Crippen molar-refractivity contribution in [2.24, 2.45) is 0 Å².